The minimum Gasteiger partial charge on any atom is -0.481 e. The standard InChI is InChI=1S/C45H52N12O7/c1-25(2)16-35(44(59)60)33(42-50-54-55-51-42)19-28-9-15-40(49-23-28)64-38-7-5-4-6-32(38)37-21-29(24-47-37)17-26(3)18-36(45(61)62)34(43-52-56-57-53-43)20-27-8-14-39(48-22-27)63-31-12-10-30(11-13-31)41(46)58/h4-15,22-23,25-26,29,33-37,47H,16-21,24H2,1-3H3,(H2,46,58)(H,59,60)(H,61,62)(H,50,51,54,55)(H,52,53,56,57). The van der Waals surface area contributed by atoms with Gasteiger partial charge >= 0.3 is 11.9 Å². The average molecular weight is 873 g/mol. The van der Waals surface area contributed by atoms with Crippen LogP contribution in [0.3, 0.4) is 0 Å². The second-order valence-electron chi connectivity index (χ2n) is 17.0. The van der Waals surface area contributed by atoms with Gasteiger partial charge in [0.05, 0.1) is 11.8 Å². The number of benzene rings is 2. The molecule has 5 heterocycles. The monoisotopic (exact) mass is 872 g/mol. The average Bonchev–Trinajstić information content (AvgIpc) is 4.10. The van der Waals surface area contributed by atoms with Crippen LogP contribution >= 0.6 is 0 Å². The molecule has 1 saturated heterocycles. The maximum absolute atomic E-state index is 12.9. The Hall–Kier alpha value is -7.15. The molecular formula is C45H52N12O7. The van der Waals surface area contributed by atoms with Crippen LogP contribution in [0.15, 0.2) is 85.2 Å². The van der Waals surface area contributed by atoms with Crippen molar-refractivity contribution in [3.63, 3.8) is 0 Å². The molecule has 19 nitrogen and oxygen atoms in total. The first kappa shape index (κ1) is 44.9. The number of carboxylic acids is 2. The Morgan fingerprint density at radius 2 is 1.33 bits per heavy atom. The Labute approximate surface area is 369 Å². The predicted octanol–water partition coefficient (Wildman–Crippen LogP) is 6.05. The molecule has 0 radical (unpaired) electrons. The number of carboxylic acid groups (broad SMARTS) is 2. The highest BCUT2D eigenvalue weighted by atomic mass is 16.5. The summed E-state index contributed by atoms with van der Waals surface area (Å²) in [7, 11) is 0. The van der Waals surface area contributed by atoms with Crippen molar-refractivity contribution in [3.05, 3.63) is 119 Å². The van der Waals surface area contributed by atoms with Crippen molar-refractivity contribution in [1.29, 1.82) is 0 Å². The number of nitrogens with zero attached hydrogens (tertiary/aromatic N) is 8. The number of carbonyl (C=O) groups is 3. The summed E-state index contributed by atoms with van der Waals surface area (Å²) in [6, 6.07) is 21.4. The highest BCUT2D eigenvalue weighted by Crippen LogP contribution is 2.39. The van der Waals surface area contributed by atoms with Gasteiger partial charge in [0, 0.05) is 53.5 Å². The van der Waals surface area contributed by atoms with Crippen LogP contribution in [0.2, 0.25) is 0 Å². The predicted molar refractivity (Wildman–Crippen MR) is 230 cm³/mol. The number of hydrogen-bond donors (Lipinski definition) is 6. The lowest BCUT2D eigenvalue weighted by atomic mass is 9.78. The van der Waals surface area contributed by atoms with Crippen molar-refractivity contribution in [1.82, 2.24) is 56.5 Å². The zero-order chi connectivity index (χ0) is 45.2. The van der Waals surface area contributed by atoms with Crippen molar-refractivity contribution in [2.75, 3.05) is 6.54 Å². The quantitative estimate of drug-likeness (QED) is 0.0452. The third-order valence-electron chi connectivity index (χ3n) is 11.7. The van der Waals surface area contributed by atoms with Crippen LogP contribution in [0.5, 0.6) is 23.3 Å². The number of hydrogen-bond acceptors (Lipinski definition) is 14. The number of primary amides is 1. The number of aromatic nitrogens is 10. The molecule has 19 heteroatoms. The van der Waals surface area contributed by atoms with E-state index in [4.69, 9.17) is 15.2 Å². The summed E-state index contributed by atoms with van der Waals surface area (Å²) in [6.45, 7) is 6.82. The number of rotatable bonds is 22. The molecule has 1 aliphatic rings. The molecule has 4 aromatic heterocycles. The lowest BCUT2D eigenvalue weighted by molar-refractivity contribution is -0.144. The van der Waals surface area contributed by atoms with Gasteiger partial charge in [0.15, 0.2) is 11.6 Å². The van der Waals surface area contributed by atoms with E-state index in [-0.39, 0.29) is 23.8 Å². The Kier molecular flexibility index (Phi) is 14.6. The largest absolute Gasteiger partial charge is 0.481 e. The number of amides is 1. The van der Waals surface area contributed by atoms with Crippen LogP contribution in [-0.4, -0.2) is 85.8 Å². The number of ether oxygens (including phenoxy) is 2. The zero-order valence-electron chi connectivity index (χ0n) is 35.7. The summed E-state index contributed by atoms with van der Waals surface area (Å²) < 4.78 is 12.2. The Morgan fingerprint density at radius 3 is 1.84 bits per heavy atom. The molecule has 64 heavy (non-hydrogen) atoms. The number of pyridine rings is 2. The van der Waals surface area contributed by atoms with Gasteiger partial charge in [0.25, 0.3) is 0 Å². The van der Waals surface area contributed by atoms with Gasteiger partial charge in [-0.1, -0.05) is 61.5 Å². The maximum atomic E-state index is 12.9. The molecule has 7 atom stereocenters. The van der Waals surface area contributed by atoms with E-state index in [1.54, 1.807) is 48.8 Å². The van der Waals surface area contributed by atoms with Crippen LogP contribution in [0.1, 0.15) is 103 Å². The summed E-state index contributed by atoms with van der Waals surface area (Å²) in [5.41, 5.74) is 8.28. The number of nitrogens with one attached hydrogen (secondary N) is 3. The van der Waals surface area contributed by atoms with Gasteiger partial charge in [-0.05, 0) is 104 Å². The van der Waals surface area contributed by atoms with Crippen molar-refractivity contribution in [3.8, 4) is 23.3 Å². The minimum atomic E-state index is -0.938. The van der Waals surface area contributed by atoms with Gasteiger partial charge in [0.1, 0.15) is 11.5 Å². The van der Waals surface area contributed by atoms with Crippen molar-refractivity contribution in [2.24, 2.45) is 35.3 Å². The number of aromatic amines is 2. The first-order valence-corrected chi connectivity index (χ1v) is 21.3. The second kappa shape index (κ2) is 20.8. The number of H-pyrrole nitrogens is 2. The van der Waals surface area contributed by atoms with Crippen LogP contribution in [-0.2, 0) is 22.4 Å². The lowest BCUT2D eigenvalue weighted by Crippen LogP contribution is -2.27. The van der Waals surface area contributed by atoms with Gasteiger partial charge in [-0.2, -0.15) is 10.4 Å². The van der Waals surface area contributed by atoms with Gasteiger partial charge in [0.2, 0.25) is 17.7 Å². The molecule has 0 saturated carbocycles. The normalized spacial score (nSPS) is 17.3. The molecule has 7 unspecified atom stereocenters. The van der Waals surface area contributed by atoms with E-state index >= 15 is 0 Å². The van der Waals surface area contributed by atoms with Gasteiger partial charge in [-0.3, -0.25) is 14.4 Å². The fourth-order valence-electron chi connectivity index (χ4n) is 8.66. The van der Waals surface area contributed by atoms with Crippen molar-refractivity contribution in [2.45, 2.75) is 77.2 Å². The highest BCUT2D eigenvalue weighted by Gasteiger charge is 2.36. The summed E-state index contributed by atoms with van der Waals surface area (Å²) >= 11 is 0. The molecule has 0 aliphatic carbocycles. The van der Waals surface area contributed by atoms with Crippen LogP contribution in [0, 0.1) is 29.6 Å². The van der Waals surface area contributed by atoms with Crippen LogP contribution in [0.4, 0.5) is 0 Å². The van der Waals surface area contributed by atoms with E-state index in [0.717, 1.165) is 36.1 Å². The summed E-state index contributed by atoms with van der Waals surface area (Å²) in [5, 5.41) is 53.3. The molecule has 2 aromatic carbocycles. The zero-order valence-corrected chi connectivity index (χ0v) is 35.7. The first-order chi connectivity index (χ1) is 30.9. The first-order valence-electron chi connectivity index (χ1n) is 21.3. The van der Waals surface area contributed by atoms with Crippen molar-refractivity contribution >= 4 is 17.8 Å². The molecule has 7 rings (SSSR count). The van der Waals surface area contributed by atoms with E-state index in [1.807, 2.05) is 50.2 Å². The van der Waals surface area contributed by atoms with E-state index in [2.05, 4.69) is 63.5 Å². The highest BCUT2D eigenvalue weighted by molar-refractivity contribution is 5.92. The minimum absolute atomic E-state index is 0.00797. The number of aliphatic carboxylic acids is 2. The van der Waals surface area contributed by atoms with Gasteiger partial charge < -0.3 is 30.7 Å². The second-order valence-corrected chi connectivity index (χ2v) is 17.0. The molecule has 0 spiro atoms. The summed E-state index contributed by atoms with van der Waals surface area (Å²) in [6.07, 6.45) is 6.51. The Morgan fingerprint density at radius 1 is 0.750 bits per heavy atom. The molecule has 6 aromatic rings. The van der Waals surface area contributed by atoms with E-state index in [0.29, 0.717) is 66.2 Å². The van der Waals surface area contributed by atoms with Crippen LogP contribution in [0.25, 0.3) is 0 Å². The third-order valence-corrected chi connectivity index (χ3v) is 11.7. The fourth-order valence-corrected chi connectivity index (χ4v) is 8.66. The van der Waals surface area contributed by atoms with E-state index in [1.165, 1.54) is 0 Å². The lowest BCUT2D eigenvalue weighted by Gasteiger charge is -2.25. The molecule has 1 fully saturated rings. The van der Waals surface area contributed by atoms with E-state index < -0.39 is 41.5 Å². The van der Waals surface area contributed by atoms with Crippen LogP contribution < -0.4 is 20.5 Å². The summed E-state index contributed by atoms with van der Waals surface area (Å²) in [4.78, 5) is 45.7. The molecule has 334 valence electrons. The smallest absolute Gasteiger partial charge is 0.307 e. The third kappa shape index (κ3) is 11.6. The molecule has 7 N–H and O–H groups in total. The Bertz CT molecular complexity index is 2430. The number of para-hydroxylation sites is 1. The molecule has 0 bridgehead atoms. The number of carbonyl (C=O) groups excluding carboxylic acids is 1. The van der Waals surface area contributed by atoms with Gasteiger partial charge in [-0.15, -0.1) is 20.4 Å². The van der Waals surface area contributed by atoms with Gasteiger partial charge in [-0.25, -0.2) is 9.97 Å². The maximum Gasteiger partial charge on any atom is 0.307 e. The Balaban J connectivity index is 0.961. The SMILES string of the molecule is CC(C)CC(C(=O)O)C(Cc1ccc(Oc2ccccc2C2CC(CC(C)CC(C(=O)O)C(Cc3ccc(Oc4ccc(C(N)=O)cc4)nc3)c3nn[nH]n3)CN2)nc1)c1nn[nH]n1. The molecule has 1 aliphatic heterocycles. The number of tetrazole rings is 2. The van der Waals surface area contributed by atoms with E-state index in [9.17, 15) is 24.6 Å². The summed E-state index contributed by atoms with van der Waals surface area (Å²) in [5.74, 6) is -1.89. The number of nitrogens with two attached hydrogens (primary N) is 1. The fraction of sp³-hybridized carbons (Fsp3) is 0.400. The molecular weight excluding hydrogens is 821 g/mol. The molecule has 1 amide bonds. The topological polar surface area (TPSA) is 283 Å². The van der Waals surface area contributed by atoms with Crippen molar-refractivity contribution < 1.29 is 34.1 Å².